The fourth-order valence-corrected chi connectivity index (χ4v) is 1.83. The number of β-amino-alcohol motifs (C(OH)–C–C–N with tert-alkyl or cyclic N) is 1. The molecule has 1 saturated heterocycles. The van der Waals surface area contributed by atoms with E-state index in [2.05, 4.69) is 10.2 Å². The second-order valence-electron chi connectivity index (χ2n) is 4.22. The molecule has 0 aromatic rings. The van der Waals surface area contributed by atoms with Crippen molar-refractivity contribution in [2.24, 2.45) is 0 Å². The molecule has 1 aliphatic rings. The van der Waals surface area contributed by atoms with E-state index in [1.807, 2.05) is 7.05 Å². The Balaban J connectivity index is 2.09. The zero-order valence-corrected chi connectivity index (χ0v) is 9.41. The van der Waals surface area contributed by atoms with E-state index in [-0.39, 0.29) is 6.61 Å². The molecule has 0 aromatic carbocycles. The first kappa shape index (κ1) is 12.9. The molecule has 5 heteroatoms. The van der Waals surface area contributed by atoms with Crippen molar-refractivity contribution < 1.29 is 14.9 Å². The molecule has 90 valence electrons. The number of hydrogen-bond acceptors (Lipinski definition) is 5. The molecule has 3 N–H and O–H groups in total. The van der Waals surface area contributed by atoms with Crippen molar-refractivity contribution in [3.8, 4) is 0 Å². The molecule has 0 aromatic heterocycles. The summed E-state index contributed by atoms with van der Waals surface area (Å²) in [5, 5.41) is 21.7. The van der Waals surface area contributed by atoms with Crippen LogP contribution < -0.4 is 5.32 Å². The van der Waals surface area contributed by atoms with Gasteiger partial charge in [-0.25, -0.2) is 0 Å². The van der Waals surface area contributed by atoms with Crippen molar-refractivity contribution in [3.05, 3.63) is 0 Å². The number of aliphatic hydroxyl groups excluding tert-OH is 1. The highest BCUT2D eigenvalue weighted by Crippen LogP contribution is 2.14. The van der Waals surface area contributed by atoms with Crippen LogP contribution in [0.5, 0.6) is 0 Å². The topological polar surface area (TPSA) is 65.0 Å². The zero-order valence-electron chi connectivity index (χ0n) is 9.41. The minimum absolute atomic E-state index is 0.0670. The van der Waals surface area contributed by atoms with Crippen LogP contribution in [0.2, 0.25) is 0 Å². The summed E-state index contributed by atoms with van der Waals surface area (Å²) < 4.78 is 5.16. The van der Waals surface area contributed by atoms with Gasteiger partial charge >= 0.3 is 0 Å². The number of likely N-dealkylation sites (N-methyl/N-ethyl adjacent to an activating group) is 1. The predicted molar refractivity (Wildman–Crippen MR) is 57.8 cm³/mol. The standard InChI is InChI=1S/C10H22N2O3/c1-12(4-6-15-7-5-13)9-10(14)2-3-11-8-10/h11,13-14H,2-9H2,1H3. The lowest BCUT2D eigenvalue weighted by Gasteiger charge is -2.27. The second-order valence-corrected chi connectivity index (χ2v) is 4.22. The monoisotopic (exact) mass is 218 g/mol. The predicted octanol–water partition coefficient (Wildman–Crippen LogP) is -1.35. The molecular formula is C10H22N2O3. The van der Waals surface area contributed by atoms with Crippen molar-refractivity contribution in [2.45, 2.75) is 12.0 Å². The van der Waals surface area contributed by atoms with Crippen LogP contribution in [0.25, 0.3) is 0 Å². The second kappa shape index (κ2) is 6.40. The summed E-state index contributed by atoms with van der Waals surface area (Å²) in [6, 6.07) is 0. The smallest absolute Gasteiger partial charge is 0.0909 e. The molecule has 0 amide bonds. The number of nitrogens with zero attached hydrogens (tertiary/aromatic N) is 1. The Kier molecular flexibility index (Phi) is 5.49. The highest BCUT2D eigenvalue weighted by atomic mass is 16.5. The number of aliphatic hydroxyl groups is 2. The highest BCUT2D eigenvalue weighted by molar-refractivity contribution is 4.89. The summed E-state index contributed by atoms with van der Waals surface area (Å²) in [5.74, 6) is 0. The van der Waals surface area contributed by atoms with Gasteiger partial charge in [-0.1, -0.05) is 0 Å². The minimum Gasteiger partial charge on any atom is -0.394 e. The normalized spacial score (nSPS) is 26.4. The van der Waals surface area contributed by atoms with Gasteiger partial charge in [-0.15, -0.1) is 0 Å². The Bertz CT molecular complexity index is 172. The average molecular weight is 218 g/mol. The molecule has 1 aliphatic heterocycles. The summed E-state index contributed by atoms with van der Waals surface area (Å²) in [6.07, 6.45) is 0.814. The van der Waals surface area contributed by atoms with Gasteiger partial charge in [0, 0.05) is 19.6 Å². The fourth-order valence-electron chi connectivity index (χ4n) is 1.83. The van der Waals surface area contributed by atoms with Crippen LogP contribution in [0.1, 0.15) is 6.42 Å². The Morgan fingerprint density at radius 1 is 1.47 bits per heavy atom. The van der Waals surface area contributed by atoms with Crippen LogP contribution in [-0.2, 0) is 4.74 Å². The van der Waals surface area contributed by atoms with Gasteiger partial charge < -0.3 is 25.2 Å². The van der Waals surface area contributed by atoms with Crippen molar-refractivity contribution in [3.63, 3.8) is 0 Å². The quantitative estimate of drug-likeness (QED) is 0.461. The van der Waals surface area contributed by atoms with Gasteiger partial charge in [-0.05, 0) is 20.0 Å². The zero-order chi connectivity index (χ0) is 11.1. The van der Waals surface area contributed by atoms with E-state index in [0.717, 1.165) is 19.5 Å². The summed E-state index contributed by atoms with van der Waals surface area (Å²) >= 11 is 0. The first-order valence-corrected chi connectivity index (χ1v) is 5.46. The maximum absolute atomic E-state index is 10.1. The molecule has 0 saturated carbocycles. The fraction of sp³-hybridized carbons (Fsp3) is 1.00. The molecule has 1 atom stereocenters. The Hall–Kier alpha value is -0.200. The van der Waals surface area contributed by atoms with Crippen LogP contribution in [-0.4, -0.2) is 73.8 Å². The summed E-state index contributed by atoms with van der Waals surface area (Å²) in [7, 11) is 1.97. The molecule has 1 fully saturated rings. The largest absolute Gasteiger partial charge is 0.394 e. The van der Waals surface area contributed by atoms with E-state index in [1.54, 1.807) is 0 Å². The van der Waals surface area contributed by atoms with Crippen LogP contribution in [0, 0.1) is 0 Å². The van der Waals surface area contributed by atoms with Crippen molar-refractivity contribution in [2.75, 3.05) is 53.0 Å². The number of nitrogens with one attached hydrogen (secondary N) is 1. The lowest BCUT2D eigenvalue weighted by molar-refractivity contribution is 0.0159. The summed E-state index contributed by atoms with van der Waals surface area (Å²) in [4.78, 5) is 2.06. The third-order valence-electron chi connectivity index (χ3n) is 2.64. The Morgan fingerprint density at radius 2 is 2.27 bits per heavy atom. The van der Waals surface area contributed by atoms with E-state index in [4.69, 9.17) is 9.84 Å². The van der Waals surface area contributed by atoms with Crippen LogP contribution >= 0.6 is 0 Å². The lowest BCUT2D eigenvalue weighted by Crippen LogP contribution is -2.44. The first-order chi connectivity index (χ1) is 7.16. The van der Waals surface area contributed by atoms with E-state index in [9.17, 15) is 5.11 Å². The van der Waals surface area contributed by atoms with E-state index in [1.165, 1.54) is 0 Å². The van der Waals surface area contributed by atoms with E-state index >= 15 is 0 Å². The molecule has 0 aliphatic carbocycles. The molecule has 0 spiro atoms. The maximum Gasteiger partial charge on any atom is 0.0909 e. The van der Waals surface area contributed by atoms with Gasteiger partial charge in [0.15, 0.2) is 0 Å². The van der Waals surface area contributed by atoms with Crippen LogP contribution in [0.15, 0.2) is 0 Å². The average Bonchev–Trinajstić information content (AvgIpc) is 2.59. The van der Waals surface area contributed by atoms with Gasteiger partial charge in [0.05, 0.1) is 25.4 Å². The van der Waals surface area contributed by atoms with Crippen molar-refractivity contribution >= 4 is 0 Å². The molecule has 0 bridgehead atoms. The third kappa shape index (κ3) is 4.90. The van der Waals surface area contributed by atoms with Gasteiger partial charge in [0.25, 0.3) is 0 Å². The van der Waals surface area contributed by atoms with E-state index in [0.29, 0.717) is 26.3 Å². The SMILES string of the molecule is CN(CCOCCO)CC1(O)CCNC1. The highest BCUT2D eigenvalue weighted by Gasteiger charge is 2.31. The molecule has 1 unspecified atom stereocenters. The molecule has 1 heterocycles. The Morgan fingerprint density at radius 3 is 2.87 bits per heavy atom. The van der Waals surface area contributed by atoms with Gasteiger partial charge in [-0.3, -0.25) is 0 Å². The van der Waals surface area contributed by atoms with E-state index < -0.39 is 5.60 Å². The minimum atomic E-state index is -0.578. The molecule has 5 nitrogen and oxygen atoms in total. The number of rotatable bonds is 7. The maximum atomic E-state index is 10.1. The van der Waals surface area contributed by atoms with Crippen molar-refractivity contribution in [1.29, 1.82) is 0 Å². The Labute approximate surface area is 91.0 Å². The third-order valence-corrected chi connectivity index (χ3v) is 2.64. The molecule has 1 rings (SSSR count). The van der Waals surface area contributed by atoms with Gasteiger partial charge in [0.1, 0.15) is 0 Å². The number of hydrogen-bond donors (Lipinski definition) is 3. The van der Waals surface area contributed by atoms with Crippen molar-refractivity contribution in [1.82, 2.24) is 10.2 Å². The van der Waals surface area contributed by atoms with Crippen LogP contribution in [0.3, 0.4) is 0 Å². The summed E-state index contributed by atoms with van der Waals surface area (Å²) in [5.41, 5.74) is -0.578. The molecule has 15 heavy (non-hydrogen) atoms. The van der Waals surface area contributed by atoms with Crippen LogP contribution in [0.4, 0.5) is 0 Å². The van der Waals surface area contributed by atoms with Gasteiger partial charge in [0.2, 0.25) is 0 Å². The lowest BCUT2D eigenvalue weighted by atomic mass is 10.0. The molecule has 0 radical (unpaired) electrons. The summed E-state index contributed by atoms with van der Waals surface area (Å²) in [6.45, 7) is 4.07. The molecular weight excluding hydrogens is 196 g/mol. The van der Waals surface area contributed by atoms with Gasteiger partial charge in [-0.2, -0.15) is 0 Å². The first-order valence-electron chi connectivity index (χ1n) is 5.46. The number of ether oxygens (including phenoxy) is 1.